The van der Waals surface area contributed by atoms with Crippen LogP contribution in [0.4, 0.5) is 13.2 Å². The fraction of sp³-hybridized carbons (Fsp3) is 0.263. The Morgan fingerprint density at radius 1 is 1.26 bits per heavy atom. The Morgan fingerprint density at radius 2 is 2.00 bits per heavy atom. The number of ketones is 1. The molecule has 4 nitrogen and oxygen atoms in total. The van der Waals surface area contributed by atoms with Crippen LogP contribution in [0.25, 0.3) is 5.57 Å². The average molecular weight is 394 g/mol. The van der Waals surface area contributed by atoms with Gasteiger partial charge < -0.3 is 10.1 Å². The summed E-state index contributed by atoms with van der Waals surface area (Å²) in [6, 6.07) is 8.49. The molecule has 1 unspecified atom stereocenters. The van der Waals surface area contributed by atoms with E-state index >= 15 is 0 Å². The van der Waals surface area contributed by atoms with Crippen LogP contribution in [0.2, 0.25) is 0 Å². The maximum Gasteiger partial charge on any atom is 0.416 e. The molecule has 142 valence electrons. The van der Waals surface area contributed by atoms with Gasteiger partial charge >= 0.3 is 6.18 Å². The molecule has 1 atom stereocenters. The molecule has 1 aliphatic heterocycles. The van der Waals surface area contributed by atoms with Crippen molar-refractivity contribution in [3.63, 3.8) is 0 Å². The number of benzene rings is 1. The van der Waals surface area contributed by atoms with Crippen LogP contribution in [0, 0.1) is 0 Å². The lowest BCUT2D eigenvalue weighted by atomic mass is 9.96. The number of ether oxygens (including phenoxy) is 1. The lowest BCUT2D eigenvalue weighted by Gasteiger charge is -2.17. The van der Waals surface area contributed by atoms with E-state index in [2.05, 4.69) is 10.3 Å². The number of halogens is 3. The van der Waals surface area contributed by atoms with E-state index in [1.165, 1.54) is 18.2 Å². The zero-order valence-corrected chi connectivity index (χ0v) is 15.4. The Bertz CT molecular complexity index is 897. The summed E-state index contributed by atoms with van der Waals surface area (Å²) in [4.78, 5) is 18.1. The van der Waals surface area contributed by atoms with Crippen LogP contribution in [-0.4, -0.2) is 23.6 Å². The van der Waals surface area contributed by atoms with Gasteiger partial charge in [0.15, 0.2) is 6.10 Å². The molecule has 1 aromatic heterocycles. The summed E-state index contributed by atoms with van der Waals surface area (Å²) in [5.41, 5.74) is -0.576. The molecular weight excluding hydrogens is 377 g/mol. The molecule has 1 N–H and O–H groups in total. The van der Waals surface area contributed by atoms with Gasteiger partial charge in [-0.1, -0.05) is 25.1 Å². The number of aromatic nitrogens is 1. The minimum absolute atomic E-state index is 0.119. The van der Waals surface area contributed by atoms with Gasteiger partial charge in [0.25, 0.3) is 0 Å². The number of nitrogens with zero attached hydrogens (tertiary/aromatic N) is 1. The average Bonchev–Trinajstić information content (AvgIpc) is 2.98. The normalized spacial score (nSPS) is 17.2. The van der Waals surface area contributed by atoms with Gasteiger partial charge in [0.2, 0.25) is 11.7 Å². The van der Waals surface area contributed by atoms with Gasteiger partial charge in [0.1, 0.15) is 5.57 Å². The molecule has 1 aliphatic rings. The third-order valence-corrected chi connectivity index (χ3v) is 4.90. The first-order valence-corrected chi connectivity index (χ1v) is 9.23. The molecule has 0 saturated heterocycles. The summed E-state index contributed by atoms with van der Waals surface area (Å²) in [5.74, 6) is 0.406. The predicted octanol–water partition coefficient (Wildman–Crippen LogP) is 4.44. The number of pyridine rings is 1. The van der Waals surface area contributed by atoms with Crippen molar-refractivity contribution >= 4 is 23.1 Å². The van der Waals surface area contributed by atoms with E-state index in [0.29, 0.717) is 5.69 Å². The maximum absolute atomic E-state index is 13.4. The smallest absolute Gasteiger partial charge is 0.416 e. The minimum atomic E-state index is -4.58. The predicted molar refractivity (Wildman–Crippen MR) is 96.9 cm³/mol. The highest BCUT2D eigenvalue weighted by Gasteiger charge is 2.43. The highest BCUT2D eigenvalue weighted by atomic mass is 32.2. The van der Waals surface area contributed by atoms with Crippen molar-refractivity contribution in [1.82, 2.24) is 10.3 Å². The molecule has 1 aromatic carbocycles. The lowest BCUT2D eigenvalue weighted by molar-refractivity contribution is -0.139. The number of thioether (sulfide) groups is 1. The number of hydrogen-bond donors (Lipinski definition) is 1. The van der Waals surface area contributed by atoms with E-state index in [4.69, 9.17) is 4.74 Å². The van der Waals surface area contributed by atoms with Gasteiger partial charge in [-0.3, -0.25) is 9.78 Å². The third-order valence-electron chi connectivity index (χ3n) is 4.02. The van der Waals surface area contributed by atoms with Crippen LogP contribution >= 0.6 is 11.8 Å². The summed E-state index contributed by atoms with van der Waals surface area (Å²) in [7, 11) is 1.55. The van der Waals surface area contributed by atoms with Gasteiger partial charge in [-0.2, -0.15) is 13.2 Å². The van der Waals surface area contributed by atoms with Crippen LogP contribution in [0.15, 0.2) is 53.4 Å². The summed E-state index contributed by atoms with van der Waals surface area (Å²) in [6.45, 7) is 2.00. The number of alkyl halides is 3. The Hall–Kier alpha value is -2.48. The zero-order valence-electron chi connectivity index (χ0n) is 14.6. The first-order valence-electron chi connectivity index (χ1n) is 8.25. The monoisotopic (exact) mass is 394 g/mol. The number of rotatable bonds is 5. The van der Waals surface area contributed by atoms with Crippen molar-refractivity contribution in [2.75, 3.05) is 12.8 Å². The Morgan fingerprint density at radius 3 is 2.67 bits per heavy atom. The van der Waals surface area contributed by atoms with Gasteiger partial charge in [0.05, 0.1) is 11.3 Å². The molecule has 0 radical (unpaired) electrons. The number of carbonyl (C=O) groups excluding carboxylic acids is 1. The molecule has 8 heteroatoms. The summed E-state index contributed by atoms with van der Waals surface area (Å²) in [6.07, 6.45) is -4.39. The first kappa shape index (κ1) is 19.3. The first-order chi connectivity index (χ1) is 12.9. The highest BCUT2D eigenvalue weighted by molar-refractivity contribution is 7.99. The Balaban J connectivity index is 2.03. The molecule has 2 aromatic rings. The van der Waals surface area contributed by atoms with Gasteiger partial charge in [-0.15, -0.1) is 11.8 Å². The van der Waals surface area contributed by atoms with E-state index in [0.717, 1.165) is 16.7 Å². The molecular formula is C19H17F3N2O2S. The van der Waals surface area contributed by atoms with Crippen molar-refractivity contribution in [3.05, 3.63) is 65.3 Å². The van der Waals surface area contributed by atoms with E-state index in [1.807, 2.05) is 13.0 Å². The van der Waals surface area contributed by atoms with Gasteiger partial charge in [0, 0.05) is 23.7 Å². The largest absolute Gasteiger partial charge is 0.462 e. The van der Waals surface area contributed by atoms with Gasteiger partial charge in [-0.25, -0.2) is 0 Å². The zero-order chi connectivity index (χ0) is 19.6. The molecule has 2 heterocycles. The number of carbonyl (C=O) groups is 1. The minimum Gasteiger partial charge on any atom is -0.462 e. The molecule has 27 heavy (non-hydrogen) atoms. The second-order valence-corrected chi connectivity index (χ2v) is 7.05. The van der Waals surface area contributed by atoms with Gasteiger partial charge in [-0.05, 0) is 24.0 Å². The summed E-state index contributed by atoms with van der Waals surface area (Å²) >= 11 is 1.58. The topological polar surface area (TPSA) is 51.2 Å². The highest BCUT2D eigenvalue weighted by Crippen LogP contribution is 2.42. The fourth-order valence-electron chi connectivity index (χ4n) is 2.89. The SMILES string of the molecule is CCSc1ccnc(C2=C(NC)OC(c3ccccc3C(F)(F)F)C2=O)c1. The van der Waals surface area contributed by atoms with Crippen LogP contribution in [-0.2, 0) is 15.7 Å². The molecule has 0 fully saturated rings. The van der Waals surface area contributed by atoms with E-state index < -0.39 is 23.6 Å². The van der Waals surface area contributed by atoms with Crippen molar-refractivity contribution in [2.45, 2.75) is 24.1 Å². The number of nitrogens with one attached hydrogen (secondary N) is 1. The molecule has 3 rings (SSSR count). The summed E-state index contributed by atoms with van der Waals surface area (Å²) < 4.78 is 45.6. The fourth-order valence-corrected chi connectivity index (χ4v) is 3.58. The standard InChI is InChI=1S/C19H17F3N2O2S/c1-3-27-11-8-9-24-14(10-11)15-16(25)17(26-18(15)23-2)12-6-4-5-7-13(12)19(20,21)22/h4-10,17,23H,3H2,1-2H3. The van der Waals surface area contributed by atoms with E-state index in [1.54, 1.807) is 31.1 Å². The molecule has 0 bridgehead atoms. The van der Waals surface area contributed by atoms with Crippen LogP contribution in [0.3, 0.4) is 0 Å². The van der Waals surface area contributed by atoms with Crippen molar-refractivity contribution in [3.8, 4) is 0 Å². The number of hydrogen-bond acceptors (Lipinski definition) is 5. The van der Waals surface area contributed by atoms with Crippen LogP contribution in [0.1, 0.15) is 29.8 Å². The lowest BCUT2D eigenvalue weighted by Crippen LogP contribution is -2.17. The van der Waals surface area contributed by atoms with E-state index in [-0.39, 0.29) is 17.0 Å². The molecule has 0 spiro atoms. The van der Waals surface area contributed by atoms with Crippen molar-refractivity contribution in [2.24, 2.45) is 0 Å². The second kappa shape index (κ2) is 7.64. The van der Waals surface area contributed by atoms with Crippen molar-refractivity contribution < 1.29 is 22.7 Å². The second-order valence-electron chi connectivity index (χ2n) is 5.71. The van der Waals surface area contributed by atoms with Crippen LogP contribution < -0.4 is 5.32 Å². The third kappa shape index (κ3) is 3.80. The molecule has 0 amide bonds. The van der Waals surface area contributed by atoms with E-state index in [9.17, 15) is 18.0 Å². The quantitative estimate of drug-likeness (QED) is 0.760. The molecule has 0 saturated carbocycles. The van der Waals surface area contributed by atoms with Crippen molar-refractivity contribution in [1.29, 1.82) is 0 Å². The Kier molecular flexibility index (Phi) is 5.46. The maximum atomic E-state index is 13.4. The summed E-state index contributed by atoms with van der Waals surface area (Å²) in [5, 5.41) is 2.76. The van der Waals surface area contributed by atoms with Crippen LogP contribution in [0.5, 0.6) is 0 Å². The Labute approximate surface area is 158 Å². The number of Topliss-reactive ketones (excluding diaryl/α,β-unsaturated/α-hetero) is 1. The molecule has 0 aliphatic carbocycles.